The van der Waals surface area contributed by atoms with Gasteiger partial charge in [0.1, 0.15) is 0 Å². The predicted molar refractivity (Wildman–Crippen MR) is 64.1 cm³/mol. The van der Waals surface area contributed by atoms with Crippen LogP contribution in [0.1, 0.15) is 32.6 Å². The maximum Gasteiger partial charge on any atom is 0.182 e. The van der Waals surface area contributed by atoms with Gasteiger partial charge in [0.15, 0.2) is 5.13 Å². The second-order valence-electron chi connectivity index (χ2n) is 5.11. The third kappa shape index (κ3) is 1.78. The summed E-state index contributed by atoms with van der Waals surface area (Å²) in [6.07, 6.45) is 7.78. The molecule has 2 fully saturated rings. The third-order valence-corrected chi connectivity index (χ3v) is 4.92. The van der Waals surface area contributed by atoms with Crippen molar-refractivity contribution in [3.63, 3.8) is 0 Å². The van der Waals surface area contributed by atoms with Crippen LogP contribution in [0.4, 0.5) is 5.13 Å². The number of fused-ring (bicyclic) bond motifs is 2. The van der Waals surface area contributed by atoms with Crippen LogP contribution >= 0.6 is 11.3 Å². The summed E-state index contributed by atoms with van der Waals surface area (Å²) in [5.41, 5.74) is 0. The Morgan fingerprint density at radius 3 is 3.00 bits per heavy atom. The van der Waals surface area contributed by atoms with E-state index in [1.165, 1.54) is 25.7 Å². The van der Waals surface area contributed by atoms with Gasteiger partial charge in [-0.05, 0) is 43.9 Å². The van der Waals surface area contributed by atoms with E-state index in [-0.39, 0.29) is 0 Å². The molecular formula is C12H18N2S. The van der Waals surface area contributed by atoms with Gasteiger partial charge >= 0.3 is 0 Å². The molecule has 0 amide bonds. The highest BCUT2D eigenvalue weighted by Gasteiger charge is 2.41. The Morgan fingerprint density at radius 1 is 1.47 bits per heavy atom. The van der Waals surface area contributed by atoms with Gasteiger partial charge in [-0.1, -0.05) is 6.42 Å². The van der Waals surface area contributed by atoms with Crippen LogP contribution in [-0.4, -0.2) is 11.0 Å². The van der Waals surface area contributed by atoms with Crippen LogP contribution in [0.25, 0.3) is 0 Å². The van der Waals surface area contributed by atoms with Crippen LogP contribution in [-0.2, 0) is 0 Å². The Labute approximate surface area is 95.1 Å². The predicted octanol–water partition coefficient (Wildman–Crippen LogP) is 3.38. The van der Waals surface area contributed by atoms with E-state index in [0.29, 0.717) is 6.04 Å². The maximum absolute atomic E-state index is 4.30. The molecular weight excluding hydrogens is 204 g/mol. The molecule has 0 radical (unpaired) electrons. The number of hydrogen-bond donors (Lipinski definition) is 1. The average Bonchev–Trinajstić information content (AvgIpc) is 2.93. The number of thiazole rings is 1. The molecule has 1 aromatic heterocycles. The highest BCUT2D eigenvalue weighted by atomic mass is 32.1. The molecule has 0 aromatic carbocycles. The molecule has 2 aliphatic rings. The van der Waals surface area contributed by atoms with Gasteiger partial charge in [-0.2, -0.15) is 0 Å². The summed E-state index contributed by atoms with van der Waals surface area (Å²) in [6, 6.07) is 0.603. The van der Waals surface area contributed by atoms with Crippen molar-refractivity contribution >= 4 is 16.5 Å². The van der Waals surface area contributed by atoms with Crippen molar-refractivity contribution in [2.75, 3.05) is 5.32 Å². The zero-order valence-corrected chi connectivity index (χ0v) is 9.96. The number of nitrogens with one attached hydrogen (secondary N) is 1. The normalized spacial score (nSPS) is 35.7. The van der Waals surface area contributed by atoms with E-state index in [2.05, 4.69) is 17.2 Å². The second-order valence-corrected chi connectivity index (χ2v) is 6.00. The first kappa shape index (κ1) is 9.64. The van der Waals surface area contributed by atoms with Crippen LogP contribution in [0.5, 0.6) is 0 Å². The van der Waals surface area contributed by atoms with Crippen molar-refractivity contribution in [3.05, 3.63) is 11.6 Å². The molecule has 0 spiro atoms. The SMILES string of the molecule is CC(Nc1nccs1)C1CC2CCC1C2. The second kappa shape index (κ2) is 3.78. The summed E-state index contributed by atoms with van der Waals surface area (Å²) >= 11 is 1.71. The van der Waals surface area contributed by atoms with Gasteiger partial charge in [-0.3, -0.25) is 0 Å². The van der Waals surface area contributed by atoms with Crippen LogP contribution < -0.4 is 5.32 Å². The highest BCUT2D eigenvalue weighted by Crippen LogP contribution is 2.49. The van der Waals surface area contributed by atoms with Crippen molar-refractivity contribution < 1.29 is 0 Å². The minimum atomic E-state index is 0.603. The van der Waals surface area contributed by atoms with Crippen LogP contribution in [0.15, 0.2) is 11.6 Å². The molecule has 2 saturated carbocycles. The molecule has 0 saturated heterocycles. The molecule has 2 aliphatic carbocycles. The number of rotatable bonds is 3. The van der Waals surface area contributed by atoms with Crippen LogP contribution in [0.2, 0.25) is 0 Å². The molecule has 1 N–H and O–H groups in total. The van der Waals surface area contributed by atoms with E-state index >= 15 is 0 Å². The largest absolute Gasteiger partial charge is 0.359 e. The lowest BCUT2D eigenvalue weighted by Crippen LogP contribution is -2.29. The van der Waals surface area contributed by atoms with E-state index in [1.807, 2.05) is 11.6 Å². The van der Waals surface area contributed by atoms with Crippen molar-refractivity contribution in [3.8, 4) is 0 Å². The zero-order chi connectivity index (χ0) is 10.3. The molecule has 82 valence electrons. The smallest absolute Gasteiger partial charge is 0.182 e. The summed E-state index contributed by atoms with van der Waals surface area (Å²) in [4.78, 5) is 4.30. The summed E-state index contributed by atoms with van der Waals surface area (Å²) in [5, 5.41) is 6.68. The van der Waals surface area contributed by atoms with E-state index in [1.54, 1.807) is 11.3 Å². The first-order chi connectivity index (χ1) is 7.33. The molecule has 1 heterocycles. The molecule has 3 rings (SSSR count). The van der Waals surface area contributed by atoms with Gasteiger partial charge in [0.2, 0.25) is 0 Å². The number of aromatic nitrogens is 1. The fourth-order valence-electron chi connectivity index (χ4n) is 3.50. The van der Waals surface area contributed by atoms with Gasteiger partial charge in [-0.25, -0.2) is 4.98 Å². The van der Waals surface area contributed by atoms with Crippen molar-refractivity contribution in [1.29, 1.82) is 0 Å². The molecule has 0 aliphatic heterocycles. The van der Waals surface area contributed by atoms with E-state index in [0.717, 1.165) is 22.9 Å². The first-order valence-electron chi connectivity index (χ1n) is 5.99. The molecule has 2 nitrogen and oxygen atoms in total. The van der Waals surface area contributed by atoms with Crippen molar-refractivity contribution in [2.24, 2.45) is 17.8 Å². The first-order valence-corrected chi connectivity index (χ1v) is 6.87. The van der Waals surface area contributed by atoms with Crippen molar-refractivity contribution in [2.45, 2.75) is 38.6 Å². The molecule has 1 aromatic rings. The monoisotopic (exact) mass is 222 g/mol. The quantitative estimate of drug-likeness (QED) is 0.848. The molecule has 2 bridgehead atoms. The standard InChI is InChI=1S/C12H18N2S/c1-8(14-12-13-4-5-15-12)11-7-9-2-3-10(11)6-9/h4-5,8-11H,2-3,6-7H2,1H3,(H,13,14). The van der Waals surface area contributed by atoms with Gasteiger partial charge in [0, 0.05) is 17.6 Å². The van der Waals surface area contributed by atoms with Crippen LogP contribution in [0, 0.1) is 17.8 Å². The summed E-state index contributed by atoms with van der Waals surface area (Å²) in [6.45, 7) is 2.33. The van der Waals surface area contributed by atoms with Crippen LogP contribution in [0.3, 0.4) is 0 Å². The van der Waals surface area contributed by atoms with E-state index < -0.39 is 0 Å². The highest BCUT2D eigenvalue weighted by molar-refractivity contribution is 7.13. The van der Waals surface area contributed by atoms with Gasteiger partial charge in [0.25, 0.3) is 0 Å². The molecule has 4 unspecified atom stereocenters. The average molecular weight is 222 g/mol. The Kier molecular flexibility index (Phi) is 2.43. The molecule has 4 atom stereocenters. The Bertz CT molecular complexity index is 322. The summed E-state index contributed by atoms with van der Waals surface area (Å²) in [5.74, 6) is 2.94. The Hall–Kier alpha value is -0.570. The number of anilines is 1. The lowest BCUT2D eigenvalue weighted by molar-refractivity contribution is 0.304. The van der Waals surface area contributed by atoms with E-state index in [9.17, 15) is 0 Å². The number of nitrogens with zero attached hydrogens (tertiary/aromatic N) is 1. The molecule has 3 heteroatoms. The Morgan fingerprint density at radius 2 is 2.40 bits per heavy atom. The minimum Gasteiger partial charge on any atom is -0.359 e. The minimum absolute atomic E-state index is 0.603. The van der Waals surface area contributed by atoms with Gasteiger partial charge in [0.05, 0.1) is 0 Å². The lowest BCUT2D eigenvalue weighted by atomic mass is 9.84. The van der Waals surface area contributed by atoms with E-state index in [4.69, 9.17) is 0 Å². The number of hydrogen-bond acceptors (Lipinski definition) is 3. The zero-order valence-electron chi connectivity index (χ0n) is 9.15. The summed E-state index contributed by atoms with van der Waals surface area (Å²) < 4.78 is 0. The fourth-order valence-corrected chi connectivity index (χ4v) is 4.13. The maximum atomic E-state index is 4.30. The van der Waals surface area contributed by atoms with Gasteiger partial charge < -0.3 is 5.32 Å². The lowest BCUT2D eigenvalue weighted by Gasteiger charge is -2.28. The third-order valence-electron chi connectivity index (χ3n) is 4.22. The topological polar surface area (TPSA) is 24.9 Å². The van der Waals surface area contributed by atoms with Crippen molar-refractivity contribution in [1.82, 2.24) is 4.98 Å². The summed E-state index contributed by atoms with van der Waals surface area (Å²) in [7, 11) is 0. The molecule has 15 heavy (non-hydrogen) atoms. The van der Waals surface area contributed by atoms with Gasteiger partial charge in [-0.15, -0.1) is 11.3 Å². The Balaban J connectivity index is 1.63. The fraction of sp³-hybridized carbons (Fsp3) is 0.750.